The molecule has 2 aromatic rings. The van der Waals surface area contributed by atoms with Crippen molar-refractivity contribution in [1.29, 1.82) is 0 Å². The topological polar surface area (TPSA) is 58.6 Å². The van der Waals surface area contributed by atoms with Crippen LogP contribution in [0.15, 0.2) is 54.6 Å². The van der Waals surface area contributed by atoms with Crippen LogP contribution in [-0.2, 0) is 16.1 Å². The van der Waals surface area contributed by atoms with Gasteiger partial charge in [-0.05, 0) is 37.0 Å². The molecule has 1 atom stereocenters. The van der Waals surface area contributed by atoms with Crippen LogP contribution in [0.25, 0.3) is 0 Å². The van der Waals surface area contributed by atoms with Gasteiger partial charge in [-0.1, -0.05) is 62.2 Å². The molecule has 1 aliphatic rings. The zero-order chi connectivity index (χ0) is 21.3. The molecule has 1 saturated carbocycles. The van der Waals surface area contributed by atoms with Gasteiger partial charge in [-0.25, -0.2) is 4.39 Å². The van der Waals surface area contributed by atoms with Crippen LogP contribution in [-0.4, -0.2) is 35.4 Å². The van der Waals surface area contributed by atoms with E-state index in [1.165, 1.54) is 12.1 Å². The van der Waals surface area contributed by atoms with Crippen LogP contribution in [0.4, 0.5) is 4.39 Å². The second-order valence-corrected chi connectivity index (χ2v) is 7.64. The highest BCUT2D eigenvalue weighted by atomic mass is 19.1. The molecule has 0 heterocycles. The Hall–Kier alpha value is -2.89. The summed E-state index contributed by atoms with van der Waals surface area (Å²) >= 11 is 0. The average molecular weight is 413 g/mol. The second kappa shape index (κ2) is 10.8. The van der Waals surface area contributed by atoms with Gasteiger partial charge in [-0.2, -0.15) is 0 Å². The lowest BCUT2D eigenvalue weighted by atomic mass is 10.1. The quantitative estimate of drug-likeness (QED) is 0.675. The van der Waals surface area contributed by atoms with Crippen molar-refractivity contribution in [3.8, 4) is 5.75 Å². The molecule has 3 rings (SSSR count). The molecule has 30 heavy (non-hydrogen) atoms. The first-order chi connectivity index (χ1) is 14.6. The Bertz CT molecular complexity index is 837. The molecule has 6 heteroatoms. The molecule has 0 spiro atoms. The van der Waals surface area contributed by atoms with Crippen molar-refractivity contribution in [3.63, 3.8) is 0 Å². The Balaban J connectivity index is 1.74. The van der Waals surface area contributed by atoms with Gasteiger partial charge in [0.05, 0.1) is 0 Å². The van der Waals surface area contributed by atoms with Crippen molar-refractivity contribution in [1.82, 2.24) is 10.2 Å². The monoisotopic (exact) mass is 412 g/mol. The molecule has 0 aliphatic heterocycles. The number of carbonyl (C=O) groups excluding carboxylic acids is 2. The van der Waals surface area contributed by atoms with Crippen LogP contribution in [0, 0.1) is 5.82 Å². The molecule has 160 valence electrons. The summed E-state index contributed by atoms with van der Waals surface area (Å²) in [5.74, 6) is -0.991. The zero-order valence-corrected chi connectivity index (χ0v) is 17.4. The molecule has 2 amide bonds. The minimum atomic E-state index is -0.609. The minimum Gasteiger partial charge on any atom is -0.481 e. The fourth-order valence-electron chi connectivity index (χ4n) is 3.85. The van der Waals surface area contributed by atoms with E-state index in [0.29, 0.717) is 6.42 Å². The van der Waals surface area contributed by atoms with E-state index in [9.17, 15) is 14.0 Å². The Morgan fingerprint density at radius 1 is 1.10 bits per heavy atom. The van der Waals surface area contributed by atoms with Crippen molar-refractivity contribution in [2.45, 2.75) is 57.7 Å². The number of para-hydroxylation sites is 1. The van der Waals surface area contributed by atoms with Gasteiger partial charge in [0.15, 0.2) is 18.2 Å². The van der Waals surface area contributed by atoms with Crippen molar-refractivity contribution in [2.75, 3.05) is 6.61 Å². The van der Waals surface area contributed by atoms with Gasteiger partial charge < -0.3 is 15.0 Å². The number of nitrogens with one attached hydrogen (secondary N) is 1. The number of amides is 2. The lowest BCUT2D eigenvalue weighted by Gasteiger charge is -2.31. The van der Waals surface area contributed by atoms with Crippen molar-refractivity contribution in [3.05, 3.63) is 66.0 Å². The number of ether oxygens (including phenoxy) is 1. The summed E-state index contributed by atoms with van der Waals surface area (Å²) in [4.78, 5) is 27.6. The van der Waals surface area contributed by atoms with Crippen LogP contribution in [0.3, 0.4) is 0 Å². The molecular weight excluding hydrogens is 383 g/mol. The molecule has 0 bridgehead atoms. The molecule has 0 radical (unpaired) electrons. The summed E-state index contributed by atoms with van der Waals surface area (Å²) in [5.41, 5.74) is 0.920. The maximum atomic E-state index is 13.9. The van der Waals surface area contributed by atoms with Crippen LogP contribution in [0.1, 0.15) is 44.6 Å². The number of nitrogens with zero attached hydrogens (tertiary/aromatic N) is 1. The predicted octanol–water partition coefficient (Wildman–Crippen LogP) is 4.07. The molecule has 0 aromatic heterocycles. The normalized spacial score (nSPS) is 14.9. The number of benzene rings is 2. The van der Waals surface area contributed by atoms with Crippen LogP contribution >= 0.6 is 0 Å². The standard InChI is InChI=1S/C24H29FN2O3/c1-2-21(24(29)26-19-12-6-7-13-19)27(16-18-10-4-3-5-11-18)23(28)17-30-22-15-9-8-14-20(22)25/h3-5,8-11,14-15,19,21H,2,6-7,12-13,16-17H2,1H3,(H,26,29)/t21-/m1/s1. The zero-order valence-electron chi connectivity index (χ0n) is 17.4. The molecule has 1 fully saturated rings. The molecule has 0 unspecified atom stereocenters. The molecule has 2 aromatic carbocycles. The highest BCUT2D eigenvalue weighted by Gasteiger charge is 2.30. The van der Waals surface area contributed by atoms with Crippen LogP contribution in [0.2, 0.25) is 0 Å². The Labute approximate surface area is 177 Å². The Morgan fingerprint density at radius 3 is 2.43 bits per heavy atom. The second-order valence-electron chi connectivity index (χ2n) is 7.64. The molecule has 5 nitrogen and oxygen atoms in total. The van der Waals surface area contributed by atoms with E-state index in [1.54, 1.807) is 17.0 Å². The Morgan fingerprint density at radius 2 is 1.77 bits per heavy atom. The first kappa shape index (κ1) is 21.8. The SMILES string of the molecule is CC[C@H](C(=O)NC1CCCC1)N(Cc1ccccc1)C(=O)COc1ccccc1F. The first-order valence-electron chi connectivity index (χ1n) is 10.6. The summed E-state index contributed by atoms with van der Waals surface area (Å²) in [6.45, 7) is 1.85. The third kappa shape index (κ3) is 5.81. The van der Waals surface area contributed by atoms with Gasteiger partial charge in [0, 0.05) is 12.6 Å². The number of hydrogen-bond donors (Lipinski definition) is 1. The third-order valence-corrected chi connectivity index (χ3v) is 5.47. The molecule has 1 N–H and O–H groups in total. The smallest absolute Gasteiger partial charge is 0.261 e. The van der Waals surface area contributed by atoms with E-state index in [1.807, 2.05) is 37.3 Å². The van der Waals surface area contributed by atoms with E-state index in [4.69, 9.17) is 4.74 Å². The summed E-state index contributed by atoms with van der Waals surface area (Å²) < 4.78 is 19.3. The summed E-state index contributed by atoms with van der Waals surface area (Å²) in [5, 5.41) is 3.10. The fourth-order valence-corrected chi connectivity index (χ4v) is 3.85. The molecule has 1 aliphatic carbocycles. The van der Waals surface area contributed by atoms with E-state index < -0.39 is 11.9 Å². The third-order valence-electron chi connectivity index (χ3n) is 5.47. The van der Waals surface area contributed by atoms with Gasteiger partial charge >= 0.3 is 0 Å². The molecule has 0 saturated heterocycles. The van der Waals surface area contributed by atoms with E-state index in [-0.39, 0.29) is 36.8 Å². The highest BCUT2D eigenvalue weighted by molar-refractivity contribution is 5.88. The van der Waals surface area contributed by atoms with Gasteiger partial charge in [-0.15, -0.1) is 0 Å². The summed E-state index contributed by atoms with van der Waals surface area (Å²) in [6.07, 6.45) is 4.67. The molecular formula is C24H29FN2O3. The lowest BCUT2D eigenvalue weighted by molar-refractivity contribution is -0.143. The number of halogens is 1. The largest absolute Gasteiger partial charge is 0.481 e. The summed E-state index contributed by atoms with van der Waals surface area (Å²) in [6, 6.07) is 15.1. The Kier molecular flexibility index (Phi) is 7.82. The van der Waals surface area contributed by atoms with Gasteiger partial charge in [0.2, 0.25) is 5.91 Å². The van der Waals surface area contributed by atoms with E-state index in [2.05, 4.69) is 5.32 Å². The summed E-state index contributed by atoms with van der Waals surface area (Å²) in [7, 11) is 0. The van der Waals surface area contributed by atoms with Gasteiger partial charge in [0.1, 0.15) is 6.04 Å². The van der Waals surface area contributed by atoms with Crippen molar-refractivity contribution in [2.24, 2.45) is 0 Å². The fraction of sp³-hybridized carbons (Fsp3) is 0.417. The lowest BCUT2D eigenvalue weighted by Crippen LogP contribution is -2.52. The van der Waals surface area contributed by atoms with Gasteiger partial charge in [0.25, 0.3) is 5.91 Å². The van der Waals surface area contributed by atoms with Gasteiger partial charge in [-0.3, -0.25) is 9.59 Å². The first-order valence-corrected chi connectivity index (χ1v) is 10.6. The van der Waals surface area contributed by atoms with Crippen molar-refractivity contribution < 1.29 is 18.7 Å². The predicted molar refractivity (Wildman–Crippen MR) is 113 cm³/mol. The van der Waals surface area contributed by atoms with E-state index in [0.717, 1.165) is 31.2 Å². The van der Waals surface area contributed by atoms with Crippen molar-refractivity contribution >= 4 is 11.8 Å². The minimum absolute atomic E-state index is 0.0222. The maximum absolute atomic E-state index is 13.9. The average Bonchev–Trinajstić information content (AvgIpc) is 3.26. The van der Waals surface area contributed by atoms with E-state index >= 15 is 0 Å². The van der Waals surface area contributed by atoms with Crippen LogP contribution < -0.4 is 10.1 Å². The highest BCUT2D eigenvalue weighted by Crippen LogP contribution is 2.20. The number of rotatable bonds is 9. The number of hydrogen-bond acceptors (Lipinski definition) is 3. The van der Waals surface area contributed by atoms with Crippen LogP contribution in [0.5, 0.6) is 5.75 Å². The number of carbonyl (C=O) groups is 2. The maximum Gasteiger partial charge on any atom is 0.261 e.